The fourth-order valence-corrected chi connectivity index (χ4v) is 2.28. The summed E-state index contributed by atoms with van der Waals surface area (Å²) in [4.78, 5) is 10.8. The van der Waals surface area contributed by atoms with E-state index >= 15 is 0 Å². The molecule has 98 valence electrons. The number of hydrogen-bond acceptors (Lipinski definition) is 3. The predicted molar refractivity (Wildman–Crippen MR) is 70.3 cm³/mol. The van der Waals surface area contributed by atoms with E-state index in [1.165, 1.54) is 6.07 Å². The summed E-state index contributed by atoms with van der Waals surface area (Å²) in [5.74, 6) is -1.02. The summed E-state index contributed by atoms with van der Waals surface area (Å²) in [6.07, 6.45) is 3.06. The van der Waals surface area contributed by atoms with Gasteiger partial charge in [0.15, 0.2) is 0 Å². The molecule has 0 amide bonds. The van der Waals surface area contributed by atoms with E-state index in [2.05, 4.69) is 5.32 Å². The number of aromatic carboxylic acids is 1. The predicted octanol–water partition coefficient (Wildman–Crippen LogP) is 2.61. The van der Waals surface area contributed by atoms with E-state index in [9.17, 15) is 4.79 Å². The average molecular weight is 270 g/mol. The second-order valence-corrected chi connectivity index (χ2v) is 5.23. The molecule has 1 aromatic rings. The number of hydrogen-bond donors (Lipinski definition) is 3. The Hall–Kier alpha value is -1.26. The van der Waals surface area contributed by atoms with Gasteiger partial charge < -0.3 is 15.5 Å². The third-order valence-electron chi connectivity index (χ3n) is 3.47. The van der Waals surface area contributed by atoms with Crippen molar-refractivity contribution < 1.29 is 15.0 Å². The summed E-state index contributed by atoms with van der Waals surface area (Å²) < 4.78 is 0. The maximum atomic E-state index is 10.8. The van der Waals surface area contributed by atoms with Crippen molar-refractivity contribution in [2.24, 2.45) is 5.41 Å². The number of carbonyl (C=O) groups is 1. The minimum absolute atomic E-state index is 0.110. The lowest BCUT2D eigenvalue weighted by Gasteiger charge is -2.15. The SMILES string of the molecule is O=C(O)c1ccc(NCC2(CCO)CC2)cc1Cl. The molecule has 0 spiro atoms. The van der Waals surface area contributed by atoms with Crippen LogP contribution >= 0.6 is 11.6 Å². The van der Waals surface area contributed by atoms with E-state index in [4.69, 9.17) is 21.8 Å². The van der Waals surface area contributed by atoms with Crippen LogP contribution in [0, 0.1) is 5.41 Å². The number of carboxylic acid groups (broad SMARTS) is 1. The second-order valence-electron chi connectivity index (χ2n) is 4.83. The molecule has 18 heavy (non-hydrogen) atoms. The monoisotopic (exact) mass is 269 g/mol. The normalized spacial score (nSPS) is 16.3. The molecule has 0 radical (unpaired) electrons. The van der Waals surface area contributed by atoms with Crippen molar-refractivity contribution >= 4 is 23.3 Å². The Morgan fingerprint density at radius 2 is 2.17 bits per heavy atom. The number of carboxylic acids is 1. The van der Waals surface area contributed by atoms with Crippen molar-refractivity contribution in [3.63, 3.8) is 0 Å². The number of benzene rings is 1. The Morgan fingerprint density at radius 1 is 1.44 bits per heavy atom. The Labute approximate surface area is 111 Å². The summed E-state index contributed by atoms with van der Waals surface area (Å²) in [6, 6.07) is 4.84. The van der Waals surface area contributed by atoms with Gasteiger partial charge in [0.1, 0.15) is 0 Å². The Balaban J connectivity index is 1.98. The van der Waals surface area contributed by atoms with E-state index < -0.39 is 5.97 Å². The molecule has 0 aliphatic heterocycles. The van der Waals surface area contributed by atoms with Crippen molar-refractivity contribution in [1.82, 2.24) is 0 Å². The molecule has 2 rings (SSSR count). The zero-order valence-electron chi connectivity index (χ0n) is 9.95. The van der Waals surface area contributed by atoms with E-state index in [1.807, 2.05) is 0 Å². The summed E-state index contributed by atoms with van der Waals surface area (Å²) in [6.45, 7) is 0.997. The van der Waals surface area contributed by atoms with Crippen LogP contribution in [0.4, 0.5) is 5.69 Å². The van der Waals surface area contributed by atoms with E-state index in [0.717, 1.165) is 31.5 Å². The van der Waals surface area contributed by atoms with Gasteiger partial charge in [-0.15, -0.1) is 0 Å². The smallest absolute Gasteiger partial charge is 0.337 e. The number of anilines is 1. The second kappa shape index (κ2) is 5.16. The van der Waals surface area contributed by atoms with Crippen LogP contribution in [0.25, 0.3) is 0 Å². The first-order valence-electron chi connectivity index (χ1n) is 5.94. The highest BCUT2D eigenvalue weighted by molar-refractivity contribution is 6.33. The van der Waals surface area contributed by atoms with Gasteiger partial charge in [-0.05, 0) is 42.9 Å². The molecule has 0 atom stereocenters. The lowest BCUT2D eigenvalue weighted by atomic mass is 10.0. The summed E-state index contributed by atoms with van der Waals surface area (Å²) in [7, 11) is 0. The fourth-order valence-electron chi connectivity index (χ4n) is 2.02. The molecule has 1 aliphatic carbocycles. The van der Waals surface area contributed by atoms with Gasteiger partial charge in [-0.1, -0.05) is 11.6 Å². The quantitative estimate of drug-likeness (QED) is 0.742. The van der Waals surface area contributed by atoms with Gasteiger partial charge in [0, 0.05) is 18.8 Å². The first-order chi connectivity index (χ1) is 8.56. The number of nitrogens with one attached hydrogen (secondary N) is 1. The van der Waals surface area contributed by atoms with Gasteiger partial charge >= 0.3 is 5.97 Å². The first-order valence-corrected chi connectivity index (χ1v) is 6.32. The molecule has 1 saturated carbocycles. The van der Waals surface area contributed by atoms with Crippen molar-refractivity contribution in [3.05, 3.63) is 28.8 Å². The lowest BCUT2D eigenvalue weighted by Crippen LogP contribution is -2.16. The highest BCUT2D eigenvalue weighted by Crippen LogP contribution is 2.48. The van der Waals surface area contributed by atoms with Crippen molar-refractivity contribution in [2.45, 2.75) is 19.3 Å². The molecular weight excluding hydrogens is 254 g/mol. The molecule has 4 nitrogen and oxygen atoms in total. The number of aliphatic hydroxyl groups is 1. The third kappa shape index (κ3) is 2.94. The lowest BCUT2D eigenvalue weighted by molar-refractivity contribution is 0.0697. The van der Waals surface area contributed by atoms with Crippen LogP contribution in [0.5, 0.6) is 0 Å². The summed E-state index contributed by atoms with van der Waals surface area (Å²) in [5.41, 5.74) is 1.14. The van der Waals surface area contributed by atoms with Crippen LogP contribution < -0.4 is 5.32 Å². The minimum Gasteiger partial charge on any atom is -0.478 e. The van der Waals surface area contributed by atoms with Crippen molar-refractivity contribution in [1.29, 1.82) is 0 Å². The molecule has 0 bridgehead atoms. The Morgan fingerprint density at radius 3 is 2.67 bits per heavy atom. The van der Waals surface area contributed by atoms with Crippen molar-refractivity contribution in [3.8, 4) is 0 Å². The Bertz CT molecular complexity index is 458. The highest BCUT2D eigenvalue weighted by Gasteiger charge is 2.41. The van der Waals surface area contributed by atoms with Crippen LogP contribution in [0.3, 0.4) is 0 Å². The van der Waals surface area contributed by atoms with Crippen LogP contribution in [0.2, 0.25) is 5.02 Å². The maximum absolute atomic E-state index is 10.8. The molecule has 1 aromatic carbocycles. The number of aliphatic hydroxyl groups excluding tert-OH is 1. The number of rotatable bonds is 6. The maximum Gasteiger partial charge on any atom is 0.337 e. The largest absolute Gasteiger partial charge is 0.478 e. The van der Waals surface area contributed by atoms with Crippen LogP contribution in [0.1, 0.15) is 29.6 Å². The molecule has 3 N–H and O–H groups in total. The molecular formula is C13H16ClNO3. The van der Waals surface area contributed by atoms with Crippen LogP contribution in [-0.4, -0.2) is 29.3 Å². The van der Waals surface area contributed by atoms with Crippen LogP contribution in [-0.2, 0) is 0 Å². The molecule has 0 unspecified atom stereocenters. The molecule has 0 saturated heterocycles. The molecule has 5 heteroatoms. The summed E-state index contributed by atoms with van der Waals surface area (Å²) >= 11 is 5.89. The summed E-state index contributed by atoms with van der Waals surface area (Å²) in [5, 5.41) is 21.3. The zero-order valence-corrected chi connectivity index (χ0v) is 10.7. The van der Waals surface area contributed by atoms with E-state index in [-0.39, 0.29) is 22.6 Å². The van der Waals surface area contributed by atoms with Gasteiger partial charge in [-0.2, -0.15) is 0 Å². The van der Waals surface area contributed by atoms with Gasteiger partial charge in [-0.3, -0.25) is 0 Å². The van der Waals surface area contributed by atoms with E-state index in [1.54, 1.807) is 12.1 Å². The number of halogens is 1. The molecule has 1 fully saturated rings. The van der Waals surface area contributed by atoms with E-state index in [0.29, 0.717) is 0 Å². The Kier molecular flexibility index (Phi) is 3.78. The topological polar surface area (TPSA) is 69.6 Å². The van der Waals surface area contributed by atoms with Crippen molar-refractivity contribution in [2.75, 3.05) is 18.5 Å². The van der Waals surface area contributed by atoms with Crippen LogP contribution in [0.15, 0.2) is 18.2 Å². The third-order valence-corrected chi connectivity index (χ3v) is 3.78. The van der Waals surface area contributed by atoms with Gasteiger partial charge in [0.25, 0.3) is 0 Å². The first kappa shape index (κ1) is 13.2. The van der Waals surface area contributed by atoms with Gasteiger partial charge in [0.05, 0.1) is 10.6 Å². The molecule has 1 aliphatic rings. The van der Waals surface area contributed by atoms with Gasteiger partial charge in [0.2, 0.25) is 0 Å². The fraction of sp³-hybridized carbons (Fsp3) is 0.462. The van der Waals surface area contributed by atoms with Gasteiger partial charge in [-0.25, -0.2) is 4.79 Å². The zero-order chi connectivity index (χ0) is 13.2. The highest BCUT2D eigenvalue weighted by atomic mass is 35.5. The standard InChI is InChI=1S/C13H16ClNO3/c14-11-7-9(1-2-10(11)12(17)18)15-8-13(3-4-13)5-6-16/h1-2,7,15-16H,3-6,8H2,(H,17,18). The average Bonchev–Trinajstić information content (AvgIpc) is 3.07. The molecule has 0 heterocycles. The molecule has 0 aromatic heterocycles. The minimum atomic E-state index is -1.02.